The van der Waals surface area contributed by atoms with E-state index in [-0.39, 0.29) is 17.8 Å². The van der Waals surface area contributed by atoms with E-state index in [0.717, 1.165) is 19.3 Å². The van der Waals surface area contributed by atoms with Crippen molar-refractivity contribution < 1.29 is 14.3 Å². The second kappa shape index (κ2) is 4.21. The average molecular weight is 211 g/mol. The third-order valence-electron chi connectivity index (χ3n) is 3.02. The van der Waals surface area contributed by atoms with E-state index >= 15 is 0 Å². The van der Waals surface area contributed by atoms with Crippen LogP contribution in [-0.2, 0) is 14.3 Å². The van der Waals surface area contributed by atoms with Crippen molar-refractivity contribution in [3.63, 3.8) is 0 Å². The standard InChI is InChI=1S/C11H17NO3/c1-15-11(14)9(6-7-2-3-7)12-10(13)8-4-5-8/h7-9H,2-6H2,1H3,(H,12,13)/t9-/m0/s1. The van der Waals surface area contributed by atoms with Gasteiger partial charge in [0.2, 0.25) is 5.91 Å². The lowest BCUT2D eigenvalue weighted by Gasteiger charge is -2.15. The molecule has 1 atom stereocenters. The van der Waals surface area contributed by atoms with Crippen molar-refractivity contribution in [3.8, 4) is 0 Å². The fourth-order valence-electron chi connectivity index (χ4n) is 1.68. The van der Waals surface area contributed by atoms with Crippen LogP contribution in [0.25, 0.3) is 0 Å². The van der Waals surface area contributed by atoms with Crippen LogP contribution >= 0.6 is 0 Å². The van der Waals surface area contributed by atoms with Gasteiger partial charge in [0.1, 0.15) is 6.04 Å². The predicted octanol–water partition coefficient (Wildman–Crippen LogP) is 0.854. The highest BCUT2D eigenvalue weighted by Crippen LogP contribution is 2.34. The molecule has 0 aromatic carbocycles. The molecular formula is C11H17NO3. The molecule has 4 heteroatoms. The first kappa shape index (κ1) is 10.5. The molecule has 84 valence electrons. The number of carbonyl (C=O) groups excluding carboxylic acids is 2. The van der Waals surface area contributed by atoms with Crippen LogP contribution in [-0.4, -0.2) is 25.0 Å². The highest BCUT2D eigenvalue weighted by molar-refractivity contribution is 5.86. The van der Waals surface area contributed by atoms with Gasteiger partial charge in [-0.05, 0) is 25.2 Å². The molecule has 15 heavy (non-hydrogen) atoms. The molecular weight excluding hydrogens is 194 g/mol. The Kier molecular flexibility index (Phi) is 2.93. The summed E-state index contributed by atoms with van der Waals surface area (Å²) in [5, 5.41) is 2.79. The van der Waals surface area contributed by atoms with Crippen LogP contribution in [0.2, 0.25) is 0 Å². The Morgan fingerprint density at radius 3 is 2.47 bits per heavy atom. The summed E-state index contributed by atoms with van der Waals surface area (Å²) in [6.45, 7) is 0. The van der Waals surface area contributed by atoms with Gasteiger partial charge in [-0.2, -0.15) is 0 Å². The molecule has 0 aliphatic heterocycles. The molecule has 0 bridgehead atoms. The van der Waals surface area contributed by atoms with E-state index in [1.807, 2.05) is 0 Å². The number of methoxy groups -OCH3 is 1. The van der Waals surface area contributed by atoms with Crippen LogP contribution in [0.3, 0.4) is 0 Å². The van der Waals surface area contributed by atoms with Gasteiger partial charge in [0.05, 0.1) is 7.11 Å². The van der Waals surface area contributed by atoms with Crippen molar-refractivity contribution in [1.29, 1.82) is 0 Å². The zero-order valence-corrected chi connectivity index (χ0v) is 8.99. The lowest BCUT2D eigenvalue weighted by Crippen LogP contribution is -2.42. The second-order valence-electron chi connectivity index (χ2n) is 4.54. The van der Waals surface area contributed by atoms with Gasteiger partial charge < -0.3 is 10.1 Å². The molecule has 0 aromatic heterocycles. The number of hydrogen-bond donors (Lipinski definition) is 1. The summed E-state index contributed by atoms with van der Waals surface area (Å²) in [7, 11) is 1.37. The van der Waals surface area contributed by atoms with Gasteiger partial charge in [-0.3, -0.25) is 4.79 Å². The number of hydrogen-bond acceptors (Lipinski definition) is 3. The molecule has 0 saturated heterocycles. The minimum absolute atomic E-state index is 0.0195. The lowest BCUT2D eigenvalue weighted by atomic mass is 10.1. The van der Waals surface area contributed by atoms with Gasteiger partial charge in [-0.1, -0.05) is 12.8 Å². The number of rotatable bonds is 5. The van der Waals surface area contributed by atoms with Crippen LogP contribution in [0.1, 0.15) is 32.1 Å². The fraction of sp³-hybridized carbons (Fsp3) is 0.818. The topological polar surface area (TPSA) is 55.4 Å². The number of esters is 1. The van der Waals surface area contributed by atoms with Gasteiger partial charge in [-0.15, -0.1) is 0 Å². The number of ether oxygens (including phenoxy) is 1. The lowest BCUT2D eigenvalue weighted by molar-refractivity contribution is -0.145. The third kappa shape index (κ3) is 2.94. The average Bonchev–Trinajstić information content (AvgIpc) is 3.05. The van der Waals surface area contributed by atoms with Gasteiger partial charge in [-0.25, -0.2) is 4.79 Å². The maximum Gasteiger partial charge on any atom is 0.328 e. The second-order valence-corrected chi connectivity index (χ2v) is 4.54. The molecule has 2 fully saturated rings. The summed E-state index contributed by atoms with van der Waals surface area (Å²) in [5.74, 6) is 0.465. The molecule has 0 spiro atoms. The maximum atomic E-state index is 11.5. The zero-order chi connectivity index (χ0) is 10.8. The molecule has 0 heterocycles. The van der Waals surface area contributed by atoms with E-state index in [1.54, 1.807) is 0 Å². The molecule has 0 unspecified atom stereocenters. The Hall–Kier alpha value is -1.06. The largest absolute Gasteiger partial charge is 0.467 e. The molecule has 2 aliphatic rings. The van der Waals surface area contributed by atoms with Crippen molar-refractivity contribution in [2.45, 2.75) is 38.1 Å². The van der Waals surface area contributed by atoms with Crippen molar-refractivity contribution in [3.05, 3.63) is 0 Å². The number of amides is 1. The zero-order valence-electron chi connectivity index (χ0n) is 8.99. The van der Waals surface area contributed by atoms with E-state index in [9.17, 15) is 9.59 Å². The maximum absolute atomic E-state index is 11.5. The Morgan fingerprint density at radius 2 is 2.00 bits per heavy atom. The fourth-order valence-corrected chi connectivity index (χ4v) is 1.68. The molecule has 2 rings (SSSR count). The summed E-state index contributed by atoms with van der Waals surface area (Å²) < 4.78 is 4.69. The van der Waals surface area contributed by atoms with Gasteiger partial charge in [0, 0.05) is 5.92 Å². The van der Waals surface area contributed by atoms with Crippen molar-refractivity contribution in [2.24, 2.45) is 11.8 Å². The highest BCUT2D eigenvalue weighted by atomic mass is 16.5. The van der Waals surface area contributed by atoms with E-state index in [0.29, 0.717) is 5.92 Å². The summed E-state index contributed by atoms with van der Waals surface area (Å²) in [6, 6.07) is -0.421. The van der Waals surface area contributed by atoms with Gasteiger partial charge >= 0.3 is 5.97 Å². The summed E-state index contributed by atoms with van der Waals surface area (Å²) in [6.07, 6.45) is 5.01. The highest BCUT2D eigenvalue weighted by Gasteiger charge is 2.35. The summed E-state index contributed by atoms with van der Waals surface area (Å²) in [5.41, 5.74) is 0. The summed E-state index contributed by atoms with van der Waals surface area (Å²) in [4.78, 5) is 22.9. The smallest absolute Gasteiger partial charge is 0.328 e. The van der Waals surface area contributed by atoms with Crippen molar-refractivity contribution in [2.75, 3.05) is 7.11 Å². The van der Waals surface area contributed by atoms with Gasteiger partial charge in [0.25, 0.3) is 0 Å². The molecule has 1 amide bonds. The monoisotopic (exact) mass is 211 g/mol. The van der Waals surface area contributed by atoms with Crippen molar-refractivity contribution in [1.82, 2.24) is 5.32 Å². The minimum atomic E-state index is -0.421. The van der Waals surface area contributed by atoms with Crippen LogP contribution < -0.4 is 5.32 Å². The Bertz CT molecular complexity index is 269. The Morgan fingerprint density at radius 1 is 1.33 bits per heavy atom. The first-order valence-electron chi connectivity index (χ1n) is 5.59. The minimum Gasteiger partial charge on any atom is -0.467 e. The summed E-state index contributed by atoms with van der Waals surface area (Å²) >= 11 is 0. The first-order chi connectivity index (χ1) is 7.20. The molecule has 0 radical (unpaired) electrons. The predicted molar refractivity (Wildman–Crippen MR) is 54.0 cm³/mol. The molecule has 2 aliphatic carbocycles. The SMILES string of the molecule is COC(=O)[C@H](CC1CC1)NC(=O)C1CC1. The van der Waals surface area contributed by atoms with Crippen LogP contribution in [0.15, 0.2) is 0 Å². The quantitative estimate of drug-likeness (QED) is 0.686. The van der Waals surface area contributed by atoms with E-state index in [2.05, 4.69) is 10.1 Å². The normalized spacial score (nSPS) is 21.9. The van der Waals surface area contributed by atoms with Crippen molar-refractivity contribution >= 4 is 11.9 Å². The molecule has 1 N–H and O–H groups in total. The van der Waals surface area contributed by atoms with E-state index in [1.165, 1.54) is 20.0 Å². The van der Waals surface area contributed by atoms with E-state index < -0.39 is 6.04 Å². The van der Waals surface area contributed by atoms with E-state index in [4.69, 9.17) is 0 Å². The van der Waals surface area contributed by atoms with Crippen LogP contribution in [0, 0.1) is 11.8 Å². The molecule has 0 aromatic rings. The van der Waals surface area contributed by atoms with Crippen LogP contribution in [0.5, 0.6) is 0 Å². The first-order valence-corrected chi connectivity index (χ1v) is 5.59. The Labute approximate surface area is 89.4 Å². The van der Waals surface area contributed by atoms with Gasteiger partial charge in [0.15, 0.2) is 0 Å². The third-order valence-corrected chi connectivity index (χ3v) is 3.02. The molecule has 2 saturated carbocycles. The number of carbonyl (C=O) groups is 2. The Balaban J connectivity index is 1.84. The number of nitrogens with one attached hydrogen (secondary N) is 1. The molecule has 4 nitrogen and oxygen atoms in total. The van der Waals surface area contributed by atoms with Crippen LogP contribution in [0.4, 0.5) is 0 Å².